The van der Waals surface area contributed by atoms with Gasteiger partial charge in [0, 0.05) is 29.7 Å². The van der Waals surface area contributed by atoms with Gasteiger partial charge in [0.15, 0.2) is 5.82 Å². The minimum Gasteiger partial charge on any atom is -0.361 e. The van der Waals surface area contributed by atoms with Crippen LogP contribution < -0.4 is 5.32 Å². The maximum absolute atomic E-state index is 4.68. The van der Waals surface area contributed by atoms with Gasteiger partial charge < -0.3 is 5.32 Å². The summed E-state index contributed by atoms with van der Waals surface area (Å²) in [6, 6.07) is 2.13. The van der Waals surface area contributed by atoms with Gasteiger partial charge >= 0.3 is 0 Å². The standard InChI is InChI=1S/C15H15N5S2.C2H6/c1-8-6-9(2)18-15-11(8)12-13(22-15)14(19-20(12)3)17-7-10-16-4-5-21-10;1-2/h4-6H,7H2,1-3H3,(H,17,19);1-2H3. The van der Waals surface area contributed by atoms with Crippen molar-refractivity contribution in [2.75, 3.05) is 5.32 Å². The Hall–Kier alpha value is -1.99. The minimum atomic E-state index is 0.698. The molecule has 0 bridgehead atoms. The molecule has 0 aliphatic rings. The molecule has 0 fully saturated rings. The van der Waals surface area contributed by atoms with Gasteiger partial charge in [-0.3, -0.25) is 4.68 Å². The molecule has 5 nitrogen and oxygen atoms in total. The summed E-state index contributed by atoms with van der Waals surface area (Å²) in [5.41, 5.74) is 3.47. The summed E-state index contributed by atoms with van der Waals surface area (Å²) in [4.78, 5) is 10.1. The van der Waals surface area contributed by atoms with Crippen molar-refractivity contribution < 1.29 is 0 Å². The van der Waals surface area contributed by atoms with Gasteiger partial charge in [0.1, 0.15) is 9.84 Å². The van der Waals surface area contributed by atoms with Crippen LogP contribution >= 0.6 is 22.7 Å². The maximum atomic E-state index is 4.68. The first kappa shape index (κ1) is 16.9. The van der Waals surface area contributed by atoms with E-state index in [4.69, 9.17) is 0 Å². The van der Waals surface area contributed by atoms with Crippen molar-refractivity contribution in [1.29, 1.82) is 0 Å². The number of anilines is 1. The Morgan fingerprint density at radius 1 is 1.25 bits per heavy atom. The third-order valence-corrected chi connectivity index (χ3v) is 5.50. The van der Waals surface area contributed by atoms with E-state index in [-0.39, 0.29) is 0 Å². The maximum Gasteiger partial charge on any atom is 0.166 e. The first-order chi connectivity index (χ1) is 11.6. The zero-order valence-corrected chi connectivity index (χ0v) is 16.2. The lowest BCUT2D eigenvalue weighted by Crippen LogP contribution is -2.00. The highest BCUT2D eigenvalue weighted by Crippen LogP contribution is 2.38. The van der Waals surface area contributed by atoms with Gasteiger partial charge in [0.2, 0.25) is 0 Å². The Bertz CT molecular complexity index is 966. The van der Waals surface area contributed by atoms with Crippen molar-refractivity contribution in [1.82, 2.24) is 19.7 Å². The molecule has 0 radical (unpaired) electrons. The van der Waals surface area contributed by atoms with Crippen molar-refractivity contribution >= 4 is 48.9 Å². The van der Waals surface area contributed by atoms with Crippen LogP contribution in [0, 0.1) is 13.8 Å². The average Bonchev–Trinajstić information content (AvgIpc) is 3.25. The van der Waals surface area contributed by atoms with E-state index in [1.807, 2.05) is 44.1 Å². The Kier molecular flexibility index (Phi) is 4.82. The zero-order valence-electron chi connectivity index (χ0n) is 14.5. The molecule has 0 aliphatic heterocycles. The highest BCUT2D eigenvalue weighted by Gasteiger charge is 2.17. The summed E-state index contributed by atoms with van der Waals surface area (Å²) >= 11 is 3.35. The molecule has 7 heteroatoms. The fourth-order valence-corrected chi connectivity index (χ4v) is 4.59. The van der Waals surface area contributed by atoms with E-state index in [1.54, 1.807) is 22.7 Å². The normalized spacial score (nSPS) is 10.9. The van der Waals surface area contributed by atoms with Crippen LogP contribution in [0.15, 0.2) is 17.6 Å². The number of rotatable bonds is 3. The molecule has 1 N–H and O–H groups in total. The second kappa shape index (κ2) is 6.86. The van der Waals surface area contributed by atoms with Crippen LogP contribution in [0.2, 0.25) is 0 Å². The third kappa shape index (κ3) is 2.89. The van der Waals surface area contributed by atoms with Gasteiger partial charge in [-0.2, -0.15) is 5.10 Å². The molecule has 4 rings (SSSR count). The van der Waals surface area contributed by atoms with Crippen molar-refractivity contribution in [2.24, 2.45) is 7.05 Å². The summed E-state index contributed by atoms with van der Waals surface area (Å²) in [6.07, 6.45) is 1.82. The quantitative estimate of drug-likeness (QED) is 0.565. The van der Waals surface area contributed by atoms with Crippen LogP contribution in [0.5, 0.6) is 0 Å². The van der Waals surface area contributed by atoms with Crippen LogP contribution in [-0.2, 0) is 13.6 Å². The van der Waals surface area contributed by atoms with Crippen molar-refractivity contribution in [3.05, 3.63) is 33.9 Å². The molecule has 4 heterocycles. The first-order valence-electron chi connectivity index (χ1n) is 7.99. The molecule has 0 saturated heterocycles. The molecular formula is C17H21N5S2. The lowest BCUT2D eigenvalue weighted by atomic mass is 10.1. The molecule has 0 spiro atoms. The third-order valence-electron chi connectivity index (χ3n) is 3.64. The first-order valence-corrected chi connectivity index (χ1v) is 9.69. The number of aryl methyl sites for hydroxylation is 3. The van der Waals surface area contributed by atoms with E-state index in [2.05, 4.69) is 33.4 Å². The zero-order chi connectivity index (χ0) is 17.3. The molecule has 4 aromatic rings. The minimum absolute atomic E-state index is 0.698. The van der Waals surface area contributed by atoms with E-state index in [1.165, 1.54) is 10.9 Å². The predicted molar refractivity (Wildman–Crippen MR) is 104 cm³/mol. The SMILES string of the molecule is CC.Cc1cc(C)c2c(n1)sc1c(NCc3nccs3)nn(C)c12. The van der Waals surface area contributed by atoms with Crippen molar-refractivity contribution in [2.45, 2.75) is 34.2 Å². The van der Waals surface area contributed by atoms with Crippen LogP contribution in [0.1, 0.15) is 30.1 Å². The fourth-order valence-electron chi connectivity index (χ4n) is 2.75. The number of hydrogen-bond acceptors (Lipinski definition) is 6. The molecule has 0 aromatic carbocycles. The number of fused-ring (bicyclic) bond motifs is 3. The summed E-state index contributed by atoms with van der Waals surface area (Å²) in [7, 11) is 1.99. The number of aromatic nitrogens is 4. The van der Waals surface area contributed by atoms with E-state index in [0.717, 1.165) is 31.6 Å². The molecule has 0 unspecified atom stereocenters. The van der Waals surface area contributed by atoms with Gasteiger partial charge in [-0.15, -0.1) is 22.7 Å². The molecule has 126 valence electrons. The van der Waals surface area contributed by atoms with Gasteiger partial charge in [-0.1, -0.05) is 13.8 Å². The van der Waals surface area contributed by atoms with Crippen LogP contribution in [-0.4, -0.2) is 19.7 Å². The van der Waals surface area contributed by atoms with Gasteiger partial charge in [0.25, 0.3) is 0 Å². The van der Waals surface area contributed by atoms with Crippen LogP contribution in [0.3, 0.4) is 0 Å². The lowest BCUT2D eigenvalue weighted by Gasteiger charge is -2.00. The molecule has 24 heavy (non-hydrogen) atoms. The number of nitrogens with zero attached hydrogens (tertiary/aromatic N) is 4. The number of hydrogen-bond donors (Lipinski definition) is 1. The number of pyridine rings is 1. The predicted octanol–water partition coefficient (Wildman–Crippen LogP) is 4.89. The Morgan fingerprint density at radius 3 is 2.75 bits per heavy atom. The Morgan fingerprint density at radius 2 is 2.04 bits per heavy atom. The Balaban J connectivity index is 0.000000815. The van der Waals surface area contributed by atoms with Crippen LogP contribution in [0.4, 0.5) is 5.82 Å². The van der Waals surface area contributed by atoms with Crippen molar-refractivity contribution in [3.63, 3.8) is 0 Å². The second-order valence-corrected chi connectivity index (χ2v) is 7.27. The number of nitrogens with one attached hydrogen (secondary N) is 1. The summed E-state index contributed by atoms with van der Waals surface area (Å²) < 4.78 is 3.11. The highest BCUT2D eigenvalue weighted by atomic mass is 32.1. The number of thiophene rings is 1. The molecule has 0 aliphatic carbocycles. The van der Waals surface area contributed by atoms with Gasteiger partial charge in [-0.25, -0.2) is 9.97 Å². The second-order valence-electron chi connectivity index (χ2n) is 5.29. The molecule has 0 amide bonds. The average molecular weight is 360 g/mol. The molecule has 0 saturated carbocycles. The van der Waals surface area contributed by atoms with Crippen LogP contribution in [0.25, 0.3) is 20.4 Å². The topological polar surface area (TPSA) is 55.6 Å². The van der Waals surface area contributed by atoms with Crippen molar-refractivity contribution in [3.8, 4) is 0 Å². The van der Waals surface area contributed by atoms with E-state index in [9.17, 15) is 0 Å². The van der Waals surface area contributed by atoms with E-state index >= 15 is 0 Å². The molecule has 4 aromatic heterocycles. The summed E-state index contributed by atoms with van der Waals surface area (Å²) in [6.45, 7) is 8.87. The monoisotopic (exact) mass is 359 g/mol. The number of thiazole rings is 1. The van der Waals surface area contributed by atoms with E-state index < -0.39 is 0 Å². The molecular weight excluding hydrogens is 338 g/mol. The Labute approximate surface area is 149 Å². The van der Waals surface area contributed by atoms with Gasteiger partial charge in [0.05, 0.1) is 16.8 Å². The molecule has 0 atom stereocenters. The largest absolute Gasteiger partial charge is 0.361 e. The summed E-state index contributed by atoms with van der Waals surface area (Å²) in [5, 5.41) is 12.3. The highest BCUT2D eigenvalue weighted by molar-refractivity contribution is 7.26. The smallest absolute Gasteiger partial charge is 0.166 e. The van der Waals surface area contributed by atoms with Gasteiger partial charge in [-0.05, 0) is 25.5 Å². The van der Waals surface area contributed by atoms with E-state index in [0.29, 0.717) is 6.54 Å². The lowest BCUT2D eigenvalue weighted by molar-refractivity contribution is 0.798. The summed E-state index contributed by atoms with van der Waals surface area (Å²) in [5.74, 6) is 0.910. The fraction of sp³-hybridized carbons (Fsp3) is 0.353.